The Kier molecular flexibility index (Phi) is 3.65. The molecule has 122 valence electrons. The fourth-order valence-electron chi connectivity index (χ4n) is 3.27. The molecule has 2 aromatic heterocycles. The molecule has 1 aliphatic rings. The molecule has 0 saturated carbocycles. The number of amides is 1. The highest BCUT2D eigenvalue weighted by atomic mass is 16.3. The third-order valence-electron chi connectivity index (χ3n) is 4.52. The fourth-order valence-corrected chi connectivity index (χ4v) is 3.27. The lowest BCUT2D eigenvalue weighted by molar-refractivity contribution is 0.0674. The van der Waals surface area contributed by atoms with Crippen molar-refractivity contribution < 1.29 is 9.21 Å². The van der Waals surface area contributed by atoms with Gasteiger partial charge in [0.05, 0.1) is 5.39 Å². The number of benzene rings is 1. The molecule has 1 unspecified atom stereocenters. The summed E-state index contributed by atoms with van der Waals surface area (Å²) in [4.78, 5) is 26.7. The predicted octanol–water partition coefficient (Wildman–Crippen LogP) is 2.54. The highest BCUT2D eigenvalue weighted by Gasteiger charge is 2.27. The van der Waals surface area contributed by atoms with E-state index in [9.17, 15) is 9.59 Å². The van der Waals surface area contributed by atoms with Gasteiger partial charge in [0, 0.05) is 37.0 Å². The maximum absolute atomic E-state index is 12.8. The Morgan fingerprint density at radius 2 is 2.17 bits per heavy atom. The molecule has 1 fully saturated rings. The molecule has 0 bridgehead atoms. The number of para-hydroxylation sites is 1. The number of hydrogen-bond donors (Lipinski definition) is 1. The van der Waals surface area contributed by atoms with Gasteiger partial charge in [-0.2, -0.15) is 5.10 Å². The minimum Gasteiger partial charge on any atom is -0.451 e. The van der Waals surface area contributed by atoms with Crippen LogP contribution < -0.4 is 5.43 Å². The van der Waals surface area contributed by atoms with Gasteiger partial charge in [-0.25, -0.2) is 0 Å². The van der Waals surface area contributed by atoms with Gasteiger partial charge in [0.1, 0.15) is 5.58 Å². The van der Waals surface area contributed by atoms with Crippen molar-refractivity contribution in [2.75, 3.05) is 13.1 Å². The van der Waals surface area contributed by atoms with Crippen LogP contribution in [0.2, 0.25) is 0 Å². The fraction of sp³-hybridized carbons (Fsp3) is 0.278. The van der Waals surface area contributed by atoms with Crippen molar-refractivity contribution in [2.45, 2.75) is 18.8 Å². The summed E-state index contributed by atoms with van der Waals surface area (Å²) < 4.78 is 5.67. The topological polar surface area (TPSA) is 79.2 Å². The normalized spacial score (nSPS) is 18.0. The second kappa shape index (κ2) is 5.96. The lowest BCUT2D eigenvalue weighted by Crippen LogP contribution is -2.39. The summed E-state index contributed by atoms with van der Waals surface area (Å²) in [6.45, 7) is 1.26. The van der Waals surface area contributed by atoms with Crippen LogP contribution >= 0.6 is 0 Å². The van der Waals surface area contributed by atoms with E-state index in [0.29, 0.717) is 24.1 Å². The first-order valence-corrected chi connectivity index (χ1v) is 8.04. The van der Waals surface area contributed by atoms with Crippen LogP contribution in [0.1, 0.15) is 35.0 Å². The van der Waals surface area contributed by atoms with Crippen LogP contribution in [0.3, 0.4) is 0 Å². The smallest absolute Gasteiger partial charge is 0.289 e. The molecule has 4 rings (SSSR count). The van der Waals surface area contributed by atoms with Crippen molar-refractivity contribution in [1.82, 2.24) is 15.1 Å². The monoisotopic (exact) mass is 323 g/mol. The molecule has 0 spiro atoms. The lowest BCUT2D eigenvalue weighted by atomic mass is 9.95. The van der Waals surface area contributed by atoms with Crippen LogP contribution in [0.15, 0.2) is 51.8 Å². The second-order valence-electron chi connectivity index (χ2n) is 6.07. The summed E-state index contributed by atoms with van der Waals surface area (Å²) in [6.07, 6.45) is 3.64. The number of hydrogen-bond acceptors (Lipinski definition) is 4. The Hall–Kier alpha value is -2.89. The zero-order chi connectivity index (χ0) is 16.5. The molecule has 24 heavy (non-hydrogen) atoms. The summed E-state index contributed by atoms with van der Waals surface area (Å²) in [5.41, 5.74) is 1.28. The zero-order valence-electron chi connectivity index (χ0n) is 13.1. The summed E-state index contributed by atoms with van der Waals surface area (Å²) in [5.74, 6) is 0.100. The molecular formula is C18H17N3O3. The van der Waals surface area contributed by atoms with Gasteiger partial charge in [-0.3, -0.25) is 14.7 Å². The molecule has 0 aliphatic carbocycles. The highest BCUT2D eigenvalue weighted by molar-refractivity contribution is 5.93. The summed E-state index contributed by atoms with van der Waals surface area (Å²) in [7, 11) is 0. The standard InChI is InChI=1S/C18H17N3O3/c22-15-10-17(24-16-6-2-1-5-13(15)16)18(23)21-9-3-4-12(11-21)14-7-8-19-20-14/h1-2,5-8,10,12H,3-4,9,11H2,(H,19,20). The van der Waals surface area contributed by atoms with E-state index in [1.807, 2.05) is 6.07 Å². The molecular weight excluding hydrogens is 306 g/mol. The van der Waals surface area contributed by atoms with E-state index in [1.54, 1.807) is 35.4 Å². The number of likely N-dealkylation sites (tertiary alicyclic amines) is 1. The minimum atomic E-state index is -0.234. The Morgan fingerprint density at radius 1 is 1.29 bits per heavy atom. The van der Waals surface area contributed by atoms with Crippen LogP contribution in [0, 0.1) is 0 Å². The molecule has 0 radical (unpaired) electrons. The lowest BCUT2D eigenvalue weighted by Gasteiger charge is -2.31. The maximum Gasteiger partial charge on any atom is 0.289 e. The van der Waals surface area contributed by atoms with Gasteiger partial charge < -0.3 is 9.32 Å². The molecule has 1 amide bonds. The van der Waals surface area contributed by atoms with Crippen molar-refractivity contribution in [2.24, 2.45) is 0 Å². The molecule has 1 saturated heterocycles. The average Bonchev–Trinajstić information content (AvgIpc) is 3.16. The molecule has 6 nitrogen and oxygen atoms in total. The number of carbonyl (C=O) groups excluding carboxylic acids is 1. The number of fused-ring (bicyclic) bond motifs is 1. The van der Waals surface area contributed by atoms with Gasteiger partial charge in [-0.05, 0) is 31.0 Å². The maximum atomic E-state index is 12.8. The summed E-state index contributed by atoms with van der Waals surface area (Å²) >= 11 is 0. The van der Waals surface area contributed by atoms with E-state index in [2.05, 4.69) is 10.2 Å². The molecule has 1 atom stereocenters. The van der Waals surface area contributed by atoms with Gasteiger partial charge >= 0.3 is 0 Å². The number of piperidine rings is 1. The number of carbonyl (C=O) groups is 1. The number of aromatic amines is 1. The average molecular weight is 323 g/mol. The van der Waals surface area contributed by atoms with Gasteiger partial charge in [0.2, 0.25) is 0 Å². The Bertz CT molecular complexity index is 930. The third-order valence-corrected chi connectivity index (χ3v) is 4.52. The Morgan fingerprint density at radius 3 is 3.00 bits per heavy atom. The highest BCUT2D eigenvalue weighted by Crippen LogP contribution is 2.26. The first kappa shape index (κ1) is 14.7. The van der Waals surface area contributed by atoms with E-state index in [0.717, 1.165) is 18.5 Å². The molecule has 1 aliphatic heterocycles. The molecule has 6 heteroatoms. The van der Waals surface area contributed by atoms with E-state index < -0.39 is 0 Å². The van der Waals surface area contributed by atoms with Crippen molar-refractivity contribution >= 4 is 16.9 Å². The summed E-state index contributed by atoms with van der Waals surface area (Å²) in [6, 6.07) is 10.2. The number of aromatic nitrogens is 2. The van der Waals surface area contributed by atoms with Crippen molar-refractivity contribution in [3.8, 4) is 0 Å². The van der Waals surface area contributed by atoms with E-state index in [1.165, 1.54) is 6.07 Å². The van der Waals surface area contributed by atoms with Crippen LogP contribution in [-0.4, -0.2) is 34.1 Å². The SMILES string of the molecule is O=C(c1cc(=O)c2ccccc2o1)N1CCCC(c2ccn[nH]2)C1. The molecule has 1 aromatic carbocycles. The quantitative estimate of drug-likeness (QED) is 0.786. The van der Waals surface area contributed by atoms with Gasteiger partial charge in [0.25, 0.3) is 5.91 Å². The number of nitrogens with zero attached hydrogens (tertiary/aromatic N) is 2. The minimum absolute atomic E-state index is 0.101. The summed E-state index contributed by atoms with van der Waals surface area (Å²) in [5, 5.41) is 7.45. The van der Waals surface area contributed by atoms with Crippen molar-refractivity contribution in [3.63, 3.8) is 0 Å². The van der Waals surface area contributed by atoms with Crippen molar-refractivity contribution in [1.29, 1.82) is 0 Å². The number of H-pyrrole nitrogens is 1. The largest absolute Gasteiger partial charge is 0.451 e. The molecule has 3 heterocycles. The zero-order valence-corrected chi connectivity index (χ0v) is 13.1. The third kappa shape index (κ3) is 2.60. The van der Waals surface area contributed by atoms with Crippen LogP contribution in [-0.2, 0) is 0 Å². The van der Waals surface area contributed by atoms with Crippen LogP contribution in [0.5, 0.6) is 0 Å². The van der Waals surface area contributed by atoms with Gasteiger partial charge in [-0.15, -0.1) is 0 Å². The van der Waals surface area contributed by atoms with Gasteiger partial charge in [0.15, 0.2) is 11.2 Å². The number of rotatable bonds is 2. The second-order valence-corrected chi connectivity index (χ2v) is 6.07. The van der Waals surface area contributed by atoms with E-state index in [4.69, 9.17) is 4.42 Å². The number of nitrogens with one attached hydrogen (secondary N) is 1. The van der Waals surface area contributed by atoms with E-state index in [-0.39, 0.29) is 23.0 Å². The first-order valence-electron chi connectivity index (χ1n) is 8.04. The Balaban J connectivity index is 1.62. The molecule has 3 aromatic rings. The van der Waals surface area contributed by atoms with Crippen molar-refractivity contribution in [3.05, 3.63) is 64.3 Å². The Labute approximate surface area is 138 Å². The van der Waals surface area contributed by atoms with Gasteiger partial charge in [-0.1, -0.05) is 12.1 Å². The van der Waals surface area contributed by atoms with Crippen LogP contribution in [0.4, 0.5) is 0 Å². The van der Waals surface area contributed by atoms with E-state index >= 15 is 0 Å². The predicted molar refractivity (Wildman–Crippen MR) is 89.0 cm³/mol. The van der Waals surface area contributed by atoms with Crippen LogP contribution in [0.25, 0.3) is 11.0 Å². The molecule has 1 N–H and O–H groups in total. The first-order chi connectivity index (χ1) is 11.7.